The fourth-order valence-electron chi connectivity index (χ4n) is 3.04. The first-order valence-corrected chi connectivity index (χ1v) is 7.57. The van der Waals surface area contributed by atoms with E-state index in [2.05, 4.69) is 36.3 Å². The summed E-state index contributed by atoms with van der Waals surface area (Å²) in [5.41, 5.74) is 1.61. The largest absolute Gasteiger partial charge is 0.383 e. The van der Waals surface area contributed by atoms with Crippen LogP contribution in [-0.4, -0.2) is 45.3 Å². The number of nitrogens with one attached hydrogen (secondary N) is 1. The molecule has 112 valence electrons. The van der Waals surface area contributed by atoms with Crippen LogP contribution in [0.15, 0.2) is 24.3 Å². The van der Waals surface area contributed by atoms with Crippen LogP contribution >= 0.6 is 11.6 Å². The molecule has 0 bridgehead atoms. The van der Waals surface area contributed by atoms with Gasteiger partial charge in [0.15, 0.2) is 0 Å². The van der Waals surface area contributed by atoms with Gasteiger partial charge >= 0.3 is 0 Å². The molecule has 0 radical (unpaired) electrons. The molecule has 1 aliphatic heterocycles. The summed E-state index contributed by atoms with van der Waals surface area (Å²) in [7, 11) is 3.94. The van der Waals surface area contributed by atoms with E-state index < -0.39 is 0 Å². The number of hydrogen-bond acceptors (Lipinski definition) is 3. The maximum absolute atomic E-state index is 5.98. The van der Waals surface area contributed by atoms with Gasteiger partial charge in [0, 0.05) is 25.2 Å². The predicted octanol–water partition coefficient (Wildman–Crippen LogP) is 2.96. The highest BCUT2D eigenvalue weighted by atomic mass is 35.5. The second-order valence-electron chi connectivity index (χ2n) is 6.18. The van der Waals surface area contributed by atoms with Crippen LogP contribution in [0, 0.1) is 5.41 Å². The van der Waals surface area contributed by atoms with E-state index in [0.29, 0.717) is 12.0 Å². The van der Waals surface area contributed by atoms with Crippen LogP contribution in [0.3, 0.4) is 0 Å². The Bertz CT molecular complexity index is 415. The number of hydrogen-bond donors (Lipinski definition) is 1. The third kappa shape index (κ3) is 3.95. The summed E-state index contributed by atoms with van der Waals surface area (Å²) < 4.78 is 5.42. The Kier molecular flexibility index (Phi) is 5.44. The number of halogens is 1. The molecule has 0 aliphatic carbocycles. The standard InChI is InChI=1S/C16H25ClN2O/c1-16(8-9-18-11-16)12-19(2)15(10-20-3)13-4-6-14(17)7-5-13/h4-7,15,18H,8-12H2,1-3H3. The third-order valence-corrected chi connectivity index (χ3v) is 4.45. The van der Waals surface area contributed by atoms with Crippen LogP contribution in [-0.2, 0) is 4.74 Å². The molecule has 3 nitrogen and oxygen atoms in total. The van der Waals surface area contributed by atoms with E-state index in [1.54, 1.807) is 7.11 Å². The molecule has 1 N–H and O–H groups in total. The normalized spacial score (nSPS) is 24.2. The second kappa shape index (κ2) is 6.90. The molecule has 0 saturated carbocycles. The molecule has 4 heteroatoms. The van der Waals surface area contributed by atoms with E-state index in [0.717, 1.165) is 24.7 Å². The topological polar surface area (TPSA) is 24.5 Å². The van der Waals surface area contributed by atoms with E-state index in [1.807, 2.05) is 12.1 Å². The van der Waals surface area contributed by atoms with Gasteiger partial charge in [-0.05, 0) is 43.1 Å². The lowest BCUT2D eigenvalue weighted by Gasteiger charge is -2.34. The quantitative estimate of drug-likeness (QED) is 0.873. The minimum absolute atomic E-state index is 0.273. The van der Waals surface area contributed by atoms with Crippen molar-refractivity contribution >= 4 is 11.6 Å². The maximum atomic E-state index is 5.98. The minimum Gasteiger partial charge on any atom is -0.383 e. The average Bonchev–Trinajstić information content (AvgIpc) is 2.83. The molecule has 1 fully saturated rings. The molecular formula is C16H25ClN2O. The van der Waals surface area contributed by atoms with E-state index in [-0.39, 0.29) is 6.04 Å². The Balaban J connectivity index is 2.08. The van der Waals surface area contributed by atoms with Crippen LogP contribution < -0.4 is 5.32 Å². The first-order chi connectivity index (χ1) is 9.54. The zero-order valence-electron chi connectivity index (χ0n) is 12.7. The number of likely N-dealkylation sites (N-methyl/N-ethyl adjacent to an activating group) is 1. The average molecular weight is 297 g/mol. The van der Waals surface area contributed by atoms with E-state index in [1.165, 1.54) is 12.0 Å². The highest BCUT2D eigenvalue weighted by Crippen LogP contribution is 2.29. The molecule has 1 aliphatic rings. The van der Waals surface area contributed by atoms with Gasteiger partial charge in [-0.3, -0.25) is 4.90 Å². The van der Waals surface area contributed by atoms with E-state index >= 15 is 0 Å². The second-order valence-corrected chi connectivity index (χ2v) is 6.61. The molecule has 20 heavy (non-hydrogen) atoms. The molecule has 1 heterocycles. The van der Waals surface area contributed by atoms with Crippen molar-refractivity contribution in [3.8, 4) is 0 Å². The summed E-state index contributed by atoms with van der Waals surface area (Å²) >= 11 is 5.98. The lowest BCUT2D eigenvalue weighted by atomic mass is 9.88. The lowest BCUT2D eigenvalue weighted by molar-refractivity contribution is 0.0816. The van der Waals surface area contributed by atoms with Crippen LogP contribution in [0.2, 0.25) is 5.02 Å². The van der Waals surface area contributed by atoms with Crippen molar-refractivity contribution in [1.82, 2.24) is 10.2 Å². The van der Waals surface area contributed by atoms with Crippen LogP contribution in [0.1, 0.15) is 24.9 Å². The van der Waals surface area contributed by atoms with Gasteiger partial charge < -0.3 is 10.1 Å². The van der Waals surface area contributed by atoms with E-state index in [4.69, 9.17) is 16.3 Å². The van der Waals surface area contributed by atoms with Gasteiger partial charge in [0.05, 0.1) is 12.6 Å². The molecule has 0 amide bonds. The molecule has 0 spiro atoms. The molecule has 2 unspecified atom stereocenters. The fourth-order valence-corrected chi connectivity index (χ4v) is 3.16. The van der Waals surface area contributed by atoms with Crippen molar-refractivity contribution < 1.29 is 4.74 Å². The summed E-state index contributed by atoms with van der Waals surface area (Å²) in [6, 6.07) is 8.36. The first-order valence-electron chi connectivity index (χ1n) is 7.19. The number of ether oxygens (including phenoxy) is 1. The SMILES string of the molecule is COCC(c1ccc(Cl)cc1)N(C)CC1(C)CCNC1. The molecule has 1 aromatic rings. The predicted molar refractivity (Wildman–Crippen MR) is 84.3 cm³/mol. The van der Waals surface area contributed by atoms with Crippen molar-refractivity contribution in [2.75, 3.05) is 40.4 Å². The van der Waals surface area contributed by atoms with Crippen molar-refractivity contribution in [3.05, 3.63) is 34.9 Å². The fraction of sp³-hybridized carbons (Fsp3) is 0.625. The van der Waals surface area contributed by atoms with Gasteiger partial charge in [0.1, 0.15) is 0 Å². The van der Waals surface area contributed by atoms with Crippen molar-refractivity contribution in [1.29, 1.82) is 0 Å². The van der Waals surface area contributed by atoms with Crippen LogP contribution in [0.5, 0.6) is 0 Å². The zero-order valence-corrected chi connectivity index (χ0v) is 13.4. The Hall–Kier alpha value is -0.610. The summed E-state index contributed by atoms with van der Waals surface area (Å²) in [5, 5.41) is 4.24. The van der Waals surface area contributed by atoms with Crippen LogP contribution in [0.4, 0.5) is 0 Å². The van der Waals surface area contributed by atoms with Gasteiger partial charge in [0.2, 0.25) is 0 Å². The van der Waals surface area contributed by atoms with Crippen molar-refractivity contribution in [2.24, 2.45) is 5.41 Å². The van der Waals surface area contributed by atoms with Gasteiger partial charge in [-0.25, -0.2) is 0 Å². The molecule has 2 atom stereocenters. The highest BCUT2D eigenvalue weighted by Gasteiger charge is 2.32. The van der Waals surface area contributed by atoms with Gasteiger partial charge in [-0.2, -0.15) is 0 Å². The number of nitrogens with zero attached hydrogens (tertiary/aromatic N) is 1. The maximum Gasteiger partial charge on any atom is 0.0659 e. The molecule has 1 aromatic carbocycles. The van der Waals surface area contributed by atoms with Gasteiger partial charge in [-0.15, -0.1) is 0 Å². The lowest BCUT2D eigenvalue weighted by Crippen LogP contribution is -2.38. The van der Waals surface area contributed by atoms with Gasteiger partial charge in [-0.1, -0.05) is 30.7 Å². The van der Waals surface area contributed by atoms with Crippen molar-refractivity contribution in [2.45, 2.75) is 19.4 Å². The molecule has 1 saturated heterocycles. The molecule has 0 aromatic heterocycles. The summed E-state index contributed by atoms with van der Waals surface area (Å²) in [4.78, 5) is 2.40. The van der Waals surface area contributed by atoms with Crippen molar-refractivity contribution in [3.63, 3.8) is 0 Å². The molecular weight excluding hydrogens is 272 g/mol. The van der Waals surface area contributed by atoms with E-state index in [9.17, 15) is 0 Å². The minimum atomic E-state index is 0.273. The summed E-state index contributed by atoms with van der Waals surface area (Å²) in [6.07, 6.45) is 1.23. The summed E-state index contributed by atoms with van der Waals surface area (Å²) in [6.45, 7) is 6.34. The summed E-state index contributed by atoms with van der Waals surface area (Å²) in [5.74, 6) is 0. The Labute approximate surface area is 127 Å². The monoisotopic (exact) mass is 296 g/mol. The Morgan fingerprint density at radius 2 is 2.10 bits per heavy atom. The number of rotatable bonds is 6. The smallest absolute Gasteiger partial charge is 0.0659 e. The van der Waals surface area contributed by atoms with Crippen LogP contribution in [0.25, 0.3) is 0 Å². The number of methoxy groups -OCH3 is 1. The molecule has 2 rings (SSSR count). The van der Waals surface area contributed by atoms with Gasteiger partial charge in [0.25, 0.3) is 0 Å². The Morgan fingerprint density at radius 1 is 1.40 bits per heavy atom. The Morgan fingerprint density at radius 3 is 2.65 bits per heavy atom. The zero-order chi connectivity index (χ0) is 14.6. The first kappa shape index (κ1) is 15.8. The highest BCUT2D eigenvalue weighted by molar-refractivity contribution is 6.30. The number of benzene rings is 1. The third-order valence-electron chi connectivity index (χ3n) is 4.20.